The Bertz CT molecular complexity index is 368. The van der Waals surface area contributed by atoms with Gasteiger partial charge in [-0.2, -0.15) is 0 Å². The number of halogens is 2. The molecule has 1 amide bonds. The minimum Gasteiger partial charge on any atom is -0.355 e. The third-order valence-electron chi connectivity index (χ3n) is 2.71. The second kappa shape index (κ2) is 10.1. The quantitative estimate of drug-likeness (QED) is 0.813. The molecule has 0 fully saturated rings. The molecule has 0 saturated carbocycles. The number of hydrogen-bond acceptors (Lipinski definition) is 2. The molecular weight excluding hydrogens is 283 g/mol. The summed E-state index contributed by atoms with van der Waals surface area (Å²) in [6, 6.07) is 7.92. The van der Waals surface area contributed by atoms with Crippen LogP contribution in [0, 0.1) is 0 Å². The molecule has 0 aliphatic carbocycles. The van der Waals surface area contributed by atoms with E-state index >= 15 is 0 Å². The molecule has 0 spiro atoms. The number of benzene rings is 1. The molecule has 0 radical (unpaired) electrons. The number of carbonyl (C=O) groups is 1. The van der Waals surface area contributed by atoms with Gasteiger partial charge in [0, 0.05) is 24.0 Å². The Kier molecular flexibility index (Phi) is 9.66. The number of hydrogen-bond donors (Lipinski definition) is 2. The molecule has 0 unspecified atom stereocenters. The normalized spacial score (nSPS) is 11.5. The summed E-state index contributed by atoms with van der Waals surface area (Å²) in [7, 11) is 0. The van der Waals surface area contributed by atoms with Crippen LogP contribution in [0.3, 0.4) is 0 Å². The minimum atomic E-state index is 0. The lowest BCUT2D eigenvalue weighted by atomic mass is 10.1. The van der Waals surface area contributed by atoms with Gasteiger partial charge in [0.05, 0.1) is 0 Å². The average molecular weight is 305 g/mol. The predicted molar refractivity (Wildman–Crippen MR) is 83.2 cm³/mol. The molecular formula is C14H22Cl2N2O. The Balaban J connectivity index is 0.00000324. The Morgan fingerprint density at radius 3 is 2.53 bits per heavy atom. The van der Waals surface area contributed by atoms with Crippen molar-refractivity contribution in [2.75, 3.05) is 13.1 Å². The molecule has 0 aliphatic heterocycles. The van der Waals surface area contributed by atoms with E-state index in [0.29, 0.717) is 19.0 Å². The zero-order valence-corrected chi connectivity index (χ0v) is 13.0. The van der Waals surface area contributed by atoms with E-state index in [1.807, 2.05) is 24.3 Å². The van der Waals surface area contributed by atoms with Crippen LogP contribution in [-0.2, 0) is 11.2 Å². The van der Waals surface area contributed by atoms with E-state index in [1.165, 1.54) is 0 Å². The summed E-state index contributed by atoms with van der Waals surface area (Å²) in [5, 5.41) is 6.90. The molecule has 1 atom stereocenters. The summed E-state index contributed by atoms with van der Waals surface area (Å²) < 4.78 is 0. The van der Waals surface area contributed by atoms with Crippen molar-refractivity contribution in [3.63, 3.8) is 0 Å². The fraction of sp³-hybridized carbons (Fsp3) is 0.500. The number of amides is 1. The van der Waals surface area contributed by atoms with Gasteiger partial charge in [-0.1, -0.05) is 30.7 Å². The molecule has 19 heavy (non-hydrogen) atoms. The van der Waals surface area contributed by atoms with Gasteiger partial charge in [0.2, 0.25) is 5.91 Å². The van der Waals surface area contributed by atoms with E-state index in [-0.39, 0.29) is 18.3 Å². The Morgan fingerprint density at radius 1 is 1.32 bits per heavy atom. The second-order valence-corrected chi connectivity index (χ2v) is 4.83. The van der Waals surface area contributed by atoms with Crippen LogP contribution in [-0.4, -0.2) is 25.0 Å². The van der Waals surface area contributed by atoms with E-state index in [2.05, 4.69) is 24.5 Å². The summed E-state index contributed by atoms with van der Waals surface area (Å²) in [6.45, 7) is 5.71. The van der Waals surface area contributed by atoms with Gasteiger partial charge in [-0.3, -0.25) is 4.79 Å². The Morgan fingerprint density at radius 2 is 1.95 bits per heavy atom. The number of rotatable bonds is 7. The van der Waals surface area contributed by atoms with Gasteiger partial charge >= 0.3 is 0 Å². The van der Waals surface area contributed by atoms with Gasteiger partial charge in [-0.15, -0.1) is 12.4 Å². The maximum absolute atomic E-state index is 11.6. The Labute approximate surface area is 126 Å². The van der Waals surface area contributed by atoms with Crippen LogP contribution < -0.4 is 10.6 Å². The number of nitrogens with one attached hydrogen (secondary N) is 2. The highest BCUT2D eigenvalue weighted by atomic mass is 35.5. The summed E-state index contributed by atoms with van der Waals surface area (Å²) in [4.78, 5) is 11.6. The highest BCUT2D eigenvalue weighted by Crippen LogP contribution is 2.10. The number of aryl methyl sites for hydroxylation is 1. The molecule has 1 aromatic rings. The van der Waals surface area contributed by atoms with E-state index in [0.717, 1.165) is 23.6 Å². The monoisotopic (exact) mass is 304 g/mol. The SMILES string of the molecule is CCN[C@H](C)CNC(=O)CCc1ccc(Cl)cc1.Cl. The maximum atomic E-state index is 11.6. The van der Waals surface area contributed by atoms with Crippen molar-refractivity contribution in [3.05, 3.63) is 34.9 Å². The summed E-state index contributed by atoms with van der Waals surface area (Å²) >= 11 is 5.80. The van der Waals surface area contributed by atoms with Gasteiger partial charge in [0.1, 0.15) is 0 Å². The highest BCUT2D eigenvalue weighted by Gasteiger charge is 2.04. The van der Waals surface area contributed by atoms with Crippen LogP contribution in [0.2, 0.25) is 5.02 Å². The van der Waals surface area contributed by atoms with E-state index in [1.54, 1.807) is 0 Å². The molecule has 0 heterocycles. The first kappa shape index (κ1) is 18.2. The largest absolute Gasteiger partial charge is 0.355 e. The molecule has 0 saturated heterocycles. The molecule has 0 aliphatic rings. The Hall–Kier alpha value is -0.770. The van der Waals surface area contributed by atoms with Crippen LogP contribution in [0.4, 0.5) is 0 Å². The highest BCUT2D eigenvalue weighted by molar-refractivity contribution is 6.30. The first-order valence-corrected chi connectivity index (χ1v) is 6.74. The van der Waals surface area contributed by atoms with Crippen LogP contribution in [0.5, 0.6) is 0 Å². The van der Waals surface area contributed by atoms with Crippen LogP contribution in [0.25, 0.3) is 0 Å². The predicted octanol–water partition coefficient (Wildman–Crippen LogP) is 2.81. The van der Waals surface area contributed by atoms with Gasteiger partial charge in [0.15, 0.2) is 0 Å². The van der Waals surface area contributed by atoms with E-state index in [4.69, 9.17) is 11.6 Å². The van der Waals surface area contributed by atoms with Crippen molar-refractivity contribution in [1.82, 2.24) is 10.6 Å². The molecule has 0 bridgehead atoms. The lowest BCUT2D eigenvalue weighted by molar-refractivity contribution is -0.121. The van der Waals surface area contributed by atoms with Gasteiger partial charge in [-0.25, -0.2) is 0 Å². The molecule has 0 aromatic heterocycles. The molecule has 3 nitrogen and oxygen atoms in total. The summed E-state index contributed by atoms with van der Waals surface area (Å²) in [6.07, 6.45) is 1.26. The number of likely N-dealkylation sites (N-methyl/N-ethyl adjacent to an activating group) is 1. The average Bonchev–Trinajstić information content (AvgIpc) is 2.36. The minimum absolute atomic E-state index is 0. The van der Waals surface area contributed by atoms with Crippen LogP contribution >= 0.6 is 24.0 Å². The molecule has 1 rings (SSSR count). The fourth-order valence-corrected chi connectivity index (χ4v) is 1.81. The first-order valence-electron chi connectivity index (χ1n) is 6.36. The van der Waals surface area contributed by atoms with Crippen molar-refractivity contribution in [1.29, 1.82) is 0 Å². The maximum Gasteiger partial charge on any atom is 0.220 e. The molecule has 2 N–H and O–H groups in total. The third-order valence-corrected chi connectivity index (χ3v) is 2.96. The van der Waals surface area contributed by atoms with Crippen molar-refractivity contribution in [2.24, 2.45) is 0 Å². The van der Waals surface area contributed by atoms with Gasteiger partial charge < -0.3 is 10.6 Å². The lowest BCUT2D eigenvalue weighted by Crippen LogP contribution is -2.38. The van der Waals surface area contributed by atoms with Crippen molar-refractivity contribution >= 4 is 29.9 Å². The molecule has 108 valence electrons. The van der Waals surface area contributed by atoms with Gasteiger partial charge in [0.25, 0.3) is 0 Å². The van der Waals surface area contributed by atoms with Crippen LogP contribution in [0.1, 0.15) is 25.8 Å². The zero-order chi connectivity index (χ0) is 13.4. The topological polar surface area (TPSA) is 41.1 Å². The van der Waals surface area contributed by atoms with Crippen LogP contribution in [0.15, 0.2) is 24.3 Å². The van der Waals surface area contributed by atoms with Crippen molar-refractivity contribution in [3.8, 4) is 0 Å². The molecule has 5 heteroatoms. The van der Waals surface area contributed by atoms with Crippen molar-refractivity contribution in [2.45, 2.75) is 32.7 Å². The number of carbonyl (C=O) groups excluding carboxylic acids is 1. The lowest BCUT2D eigenvalue weighted by Gasteiger charge is -2.13. The molecule has 1 aromatic carbocycles. The standard InChI is InChI=1S/C14H21ClN2O.ClH/c1-3-16-11(2)10-17-14(18)9-6-12-4-7-13(15)8-5-12;/h4-5,7-8,11,16H,3,6,9-10H2,1-2H3,(H,17,18);1H/t11-;/m1./s1. The third kappa shape index (κ3) is 8.09. The van der Waals surface area contributed by atoms with Crippen molar-refractivity contribution < 1.29 is 4.79 Å². The van der Waals surface area contributed by atoms with E-state index < -0.39 is 0 Å². The second-order valence-electron chi connectivity index (χ2n) is 4.39. The zero-order valence-electron chi connectivity index (χ0n) is 11.4. The van der Waals surface area contributed by atoms with E-state index in [9.17, 15) is 4.79 Å². The summed E-state index contributed by atoms with van der Waals surface area (Å²) in [5.74, 6) is 0.0923. The summed E-state index contributed by atoms with van der Waals surface area (Å²) in [5.41, 5.74) is 1.13. The fourth-order valence-electron chi connectivity index (χ4n) is 1.68. The first-order chi connectivity index (χ1) is 8.61. The van der Waals surface area contributed by atoms with Gasteiger partial charge in [-0.05, 0) is 37.6 Å². The smallest absolute Gasteiger partial charge is 0.220 e.